The van der Waals surface area contributed by atoms with E-state index in [1.165, 1.54) is 0 Å². The van der Waals surface area contributed by atoms with Crippen molar-refractivity contribution in [1.29, 1.82) is 0 Å². The Morgan fingerprint density at radius 1 is 0.565 bits per heavy atom. The zero-order valence-corrected chi connectivity index (χ0v) is 27.1. The topological polar surface area (TPSA) is 160 Å². The fourth-order valence-corrected chi connectivity index (χ4v) is 7.78. The van der Waals surface area contributed by atoms with Crippen molar-refractivity contribution < 1.29 is 71.8 Å². The molecule has 15 nitrogen and oxygen atoms in total. The highest BCUT2D eigenvalue weighted by Crippen LogP contribution is 2.51. The summed E-state index contributed by atoms with van der Waals surface area (Å²) < 4.78 is 75.9. The molecule has 15 heteroatoms. The van der Waals surface area contributed by atoms with Gasteiger partial charge in [0.2, 0.25) is 0 Å². The summed E-state index contributed by atoms with van der Waals surface area (Å²) in [5, 5.41) is 21.0. The predicted octanol–water partition coefficient (Wildman–Crippen LogP) is -0.733. The Kier molecular flexibility index (Phi) is 12.9. The highest BCUT2D eigenvalue weighted by atomic mass is 16.9. The summed E-state index contributed by atoms with van der Waals surface area (Å²) in [6.45, 7) is 5.98. The lowest BCUT2D eigenvalue weighted by Crippen LogP contribution is -2.75. The molecule has 5 saturated heterocycles. The van der Waals surface area contributed by atoms with Gasteiger partial charge >= 0.3 is 0 Å². The SMILES string of the molecule is COCCOCCOC1C2OC3CC([C@H]2OCCO[C@H](C)COC2C4OC5OC(C4O)C(O)[C@H]2O5)[C@H](OCCOCCOC)[C@@H]1C3. The number of methoxy groups -OCH3 is 2. The van der Waals surface area contributed by atoms with Gasteiger partial charge in [-0.05, 0) is 19.8 Å². The van der Waals surface area contributed by atoms with Gasteiger partial charge in [-0.3, -0.25) is 0 Å². The Morgan fingerprint density at radius 3 is 1.67 bits per heavy atom. The second-order valence-corrected chi connectivity index (χ2v) is 12.8. The minimum absolute atomic E-state index is 0.0263. The van der Waals surface area contributed by atoms with Crippen LogP contribution in [0.1, 0.15) is 19.8 Å². The summed E-state index contributed by atoms with van der Waals surface area (Å²) in [5.74, 6) is 0.384. The molecule has 8 aliphatic rings. The van der Waals surface area contributed by atoms with Crippen LogP contribution in [0, 0.1) is 11.8 Å². The van der Waals surface area contributed by atoms with Crippen molar-refractivity contribution in [3.63, 3.8) is 0 Å². The third-order valence-electron chi connectivity index (χ3n) is 9.81. The predicted molar refractivity (Wildman–Crippen MR) is 155 cm³/mol. The van der Waals surface area contributed by atoms with Crippen molar-refractivity contribution in [2.75, 3.05) is 86.9 Å². The molecule has 0 spiro atoms. The van der Waals surface area contributed by atoms with E-state index in [1.807, 2.05) is 6.92 Å². The lowest BCUT2D eigenvalue weighted by atomic mass is 9.62. The molecule has 15 atom stereocenters. The van der Waals surface area contributed by atoms with Gasteiger partial charge in [0.1, 0.15) is 42.7 Å². The van der Waals surface area contributed by atoms with E-state index < -0.39 is 43.1 Å². The second-order valence-electron chi connectivity index (χ2n) is 12.8. The lowest BCUT2D eigenvalue weighted by molar-refractivity contribution is -0.484. The average molecular weight is 665 g/mol. The van der Waals surface area contributed by atoms with Crippen LogP contribution < -0.4 is 0 Å². The van der Waals surface area contributed by atoms with Gasteiger partial charge in [0.15, 0.2) is 0 Å². The van der Waals surface area contributed by atoms with E-state index in [0.717, 1.165) is 12.8 Å². The lowest BCUT2D eigenvalue weighted by Gasteiger charge is -2.60. The molecule has 3 aliphatic carbocycles. The van der Waals surface area contributed by atoms with Gasteiger partial charge in [-0.25, -0.2) is 0 Å². The van der Waals surface area contributed by atoms with E-state index in [9.17, 15) is 10.2 Å². The number of aliphatic hydroxyl groups is 2. The molecule has 0 aromatic carbocycles. The first-order valence-corrected chi connectivity index (χ1v) is 16.7. The van der Waals surface area contributed by atoms with Crippen LogP contribution in [0.2, 0.25) is 0 Å². The molecule has 3 saturated carbocycles. The number of hydrogen-bond donors (Lipinski definition) is 2. The quantitative estimate of drug-likeness (QED) is 0.139. The molecule has 8 fully saturated rings. The molecule has 0 aromatic rings. The smallest absolute Gasteiger partial charge is 0.272 e. The van der Waals surface area contributed by atoms with Crippen LogP contribution in [-0.2, 0) is 61.6 Å². The molecule has 5 aliphatic heterocycles. The molecular formula is C31H52O15. The van der Waals surface area contributed by atoms with Crippen LogP contribution in [-0.4, -0.2) is 177 Å². The van der Waals surface area contributed by atoms with Crippen molar-refractivity contribution in [3.8, 4) is 0 Å². The highest BCUT2D eigenvalue weighted by Gasteiger charge is 2.62. The Balaban J connectivity index is 0.976. The van der Waals surface area contributed by atoms with Crippen LogP contribution >= 0.6 is 0 Å². The van der Waals surface area contributed by atoms with Crippen molar-refractivity contribution in [1.82, 2.24) is 0 Å². The molecule has 8 rings (SSSR count). The molecule has 2 N–H and O–H groups in total. The summed E-state index contributed by atoms with van der Waals surface area (Å²) in [7, 11) is 3.30. The molecule has 5 heterocycles. The van der Waals surface area contributed by atoms with Gasteiger partial charge in [-0.1, -0.05) is 0 Å². The van der Waals surface area contributed by atoms with Crippen molar-refractivity contribution in [2.45, 2.75) is 99.5 Å². The van der Waals surface area contributed by atoms with Gasteiger partial charge < -0.3 is 71.8 Å². The van der Waals surface area contributed by atoms with Crippen LogP contribution in [0.3, 0.4) is 0 Å². The molecule has 0 radical (unpaired) electrons. The van der Waals surface area contributed by atoms with E-state index in [-0.39, 0.29) is 55.1 Å². The Hall–Kier alpha value is -0.600. The first-order chi connectivity index (χ1) is 22.5. The summed E-state index contributed by atoms with van der Waals surface area (Å²) >= 11 is 0. The van der Waals surface area contributed by atoms with Gasteiger partial charge in [-0.15, -0.1) is 0 Å². The maximum Gasteiger partial charge on any atom is 0.272 e. The molecule has 8 bridgehead atoms. The van der Waals surface area contributed by atoms with Gasteiger partial charge in [0.05, 0.1) is 103 Å². The van der Waals surface area contributed by atoms with Gasteiger partial charge in [0, 0.05) is 26.1 Å². The Morgan fingerprint density at radius 2 is 1.09 bits per heavy atom. The van der Waals surface area contributed by atoms with Gasteiger partial charge in [-0.2, -0.15) is 0 Å². The molecule has 0 aromatic heterocycles. The van der Waals surface area contributed by atoms with E-state index in [1.54, 1.807) is 14.2 Å². The fourth-order valence-electron chi connectivity index (χ4n) is 7.78. The highest BCUT2D eigenvalue weighted by molar-refractivity contribution is 5.10. The number of ether oxygens (including phenoxy) is 13. The zero-order valence-electron chi connectivity index (χ0n) is 27.1. The zero-order chi connectivity index (χ0) is 32.0. The average Bonchev–Trinajstić information content (AvgIpc) is 3.05. The van der Waals surface area contributed by atoms with Crippen molar-refractivity contribution >= 4 is 0 Å². The first-order valence-electron chi connectivity index (χ1n) is 16.7. The number of hydrogen-bond acceptors (Lipinski definition) is 15. The summed E-state index contributed by atoms with van der Waals surface area (Å²) in [4.78, 5) is 0. The third kappa shape index (κ3) is 7.90. The van der Waals surface area contributed by atoms with Crippen molar-refractivity contribution in [2.24, 2.45) is 11.8 Å². The standard InChI is InChI=1S/C31H52O15/c1-17(16-42-29-27-21(32)26-22(33)28(29)46-31(44-26)45-27)38-12-13-41-25-20-15-18-14-19(23(20)39-10-8-36-6-4-34-2)24(30(25)43-18)40-11-9-37-7-5-35-3/h17-33H,4-16H2,1-3H3/t17-,18?,19+,20?,21?,22?,23-,24?,25-,26?,27-,28?,29?,30?,31?/m1/s1. The fraction of sp³-hybridized carbons (Fsp3) is 1.00. The Labute approximate surface area is 270 Å². The van der Waals surface area contributed by atoms with Crippen LogP contribution in [0.4, 0.5) is 0 Å². The van der Waals surface area contributed by atoms with E-state index >= 15 is 0 Å². The molecular weight excluding hydrogens is 612 g/mol. The van der Waals surface area contributed by atoms with Crippen LogP contribution in [0.25, 0.3) is 0 Å². The third-order valence-corrected chi connectivity index (χ3v) is 9.81. The minimum atomic E-state index is -0.990. The van der Waals surface area contributed by atoms with Gasteiger partial charge in [0.25, 0.3) is 6.48 Å². The minimum Gasteiger partial charge on any atom is -0.387 e. The molecule has 0 amide bonds. The van der Waals surface area contributed by atoms with E-state index in [0.29, 0.717) is 66.1 Å². The summed E-state index contributed by atoms with van der Waals surface area (Å²) in [6, 6.07) is 0. The summed E-state index contributed by atoms with van der Waals surface area (Å²) in [6.07, 6.45) is -3.51. The largest absolute Gasteiger partial charge is 0.387 e. The maximum atomic E-state index is 10.5. The Bertz CT molecular complexity index is 861. The van der Waals surface area contributed by atoms with Crippen molar-refractivity contribution in [3.05, 3.63) is 0 Å². The van der Waals surface area contributed by atoms with E-state index in [4.69, 9.17) is 61.6 Å². The monoisotopic (exact) mass is 664 g/mol. The van der Waals surface area contributed by atoms with E-state index in [2.05, 4.69) is 0 Å². The van der Waals surface area contributed by atoms with Crippen LogP contribution in [0.15, 0.2) is 0 Å². The maximum absolute atomic E-state index is 10.5. The van der Waals surface area contributed by atoms with Crippen LogP contribution in [0.5, 0.6) is 0 Å². The molecule has 266 valence electrons. The summed E-state index contributed by atoms with van der Waals surface area (Å²) in [5.41, 5.74) is 0. The number of aliphatic hydroxyl groups excluding tert-OH is 2. The normalized spacial score (nSPS) is 42.7. The molecule has 10 unspecified atom stereocenters. The first kappa shape index (κ1) is 35.2. The molecule has 46 heavy (non-hydrogen) atoms. The number of rotatable bonds is 22. The second kappa shape index (κ2) is 16.9.